The van der Waals surface area contributed by atoms with Gasteiger partial charge in [0.05, 0.1) is 6.54 Å². The fourth-order valence-corrected chi connectivity index (χ4v) is 4.22. The molecule has 1 saturated carbocycles. The number of thiophene rings is 1. The summed E-state index contributed by atoms with van der Waals surface area (Å²) in [5.74, 6) is 0.905. The average Bonchev–Trinajstić information content (AvgIpc) is 3.00. The maximum Gasteiger partial charge on any atom is 0.238 e. The van der Waals surface area contributed by atoms with Crippen LogP contribution in [0.15, 0.2) is 12.1 Å². The first-order valence-corrected chi connectivity index (χ1v) is 7.59. The van der Waals surface area contributed by atoms with Gasteiger partial charge in [-0.1, -0.05) is 13.3 Å². The van der Waals surface area contributed by atoms with E-state index in [1.54, 1.807) is 11.3 Å². The number of carbonyl (C=O) groups is 1. The molecule has 1 aliphatic carbocycles. The van der Waals surface area contributed by atoms with Crippen molar-refractivity contribution in [3.63, 3.8) is 0 Å². The van der Waals surface area contributed by atoms with E-state index in [2.05, 4.69) is 36.2 Å². The van der Waals surface area contributed by atoms with Crippen molar-refractivity contribution in [2.75, 3.05) is 6.54 Å². The average molecular weight is 264 g/mol. The Hall–Kier alpha value is -0.870. The number of aryl methyl sites for hydroxylation is 1. The van der Waals surface area contributed by atoms with Crippen molar-refractivity contribution in [3.05, 3.63) is 21.9 Å². The second-order valence-electron chi connectivity index (χ2n) is 5.51. The molecule has 2 heterocycles. The molecule has 0 spiro atoms. The Morgan fingerprint density at radius 2 is 2.22 bits per heavy atom. The molecular formula is C14H20N2OS. The van der Waals surface area contributed by atoms with Gasteiger partial charge in [0.25, 0.3) is 0 Å². The molecule has 1 aromatic rings. The third kappa shape index (κ3) is 1.97. The molecule has 3 unspecified atom stereocenters. The lowest BCUT2D eigenvalue weighted by molar-refractivity contribution is -0.131. The molecule has 1 aliphatic heterocycles. The summed E-state index contributed by atoms with van der Waals surface area (Å²) in [6.07, 6.45) is 3.79. The fraction of sp³-hybridized carbons (Fsp3) is 0.643. The molecule has 3 nitrogen and oxygen atoms in total. The van der Waals surface area contributed by atoms with Crippen LogP contribution in [-0.2, 0) is 4.79 Å². The lowest BCUT2D eigenvalue weighted by Gasteiger charge is -2.32. The van der Waals surface area contributed by atoms with Crippen LogP contribution in [0.2, 0.25) is 0 Å². The summed E-state index contributed by atoms with van der Waals surface area (Å²) in [6, 6.07) is 4.73. The largest absolute Gasteiger partial charge is 0.318 e. The number of hydrogen-bond donors (Lipinski definition) is 1. The molecule has 1 aromatic heterocycles. The van der Waals surface area contributed by atoms with E-state index in [-0.39, 0.29) is 12.1 Å². The second-order valence-corrected chi connectivity index (χ2v) is 6.83. The Kier molecular flexibility index (Phi) is 3.16. The minimum Gasteiger partial charge on any atom is -0.318 e. The smallest absolute Gasteiger partial charge is 0.238 e. The van der Waals surface area contributed by atoms with Gasteiger partial charge in [-0.2, -0.15) is 0 Å². The van der Waals surface area contributed by atoms with E-state index in [1.165, 1.54) is 22.6 Å². The third-order valence-corrected chi connectivity index (χ3v) is 5.27. The molecule has 4 heteroatoms. The highest BCUT2D eigenvalue weighted by molar-refractivity contribution is 7.12. The Morgan fingerprint density at radius 3 is 2.83 bits per heavy atom. The molecule has 3 rings (SSSR count). The normalized spacial score (nSPS) is 32.4. The van der Waals surface area contributed by atoms with Gasteiger partial charge in [0.1, 0.15) is 6.17 Å². The van der Waals surface area contributed by atoms with Crippen LogP contribution >= 0.6 is 11.3 Å². The van der Waals surface area contributed by atoms with Crippen LogP contribution in [0.3, 0.4) is 0 Å². The predicted octanol–water partition coefficient (Wildman–Crippen LogP) is 2.68. The maximum absolute atomic E-state index is 12.2. The molecular weight excluding hydrogens is 244 g/mol. The zero-order chi connectivity index (χ0) is 12.7. The Bertz CT molecular complexity index is 456. The molecule has 0 radical (unpaired) electrons. The van der Waals surface area contributed by atoms with Crippen LogP contribution in [0.4, 0.5) is 0 Å². The standard InChI is InChI=1S/C14H20N2OS/c1-9-4-3-5-11(9)16-13(17)8-15-14(16)12-7-6-10(2)18-12/h6-7,9,11,14-15H,3-5,8H2,1-2H3. The molecule has 3 atom stereocenters. The summed E-state index contributed by atoms with van der Waals surface area (Å²) in [5.41, 5.74) is 0. The number of nitrogens with zero attached hydrogens (tertiary/aromatic N) is 1. The Balaban J connectivity index is 1.87. The topological polar surface area (TPSA) is 32.3 Å². The van der Waals surface area contributed by atoms with Crippen LogP contribution in [0.5, 0.6) is 0 Å². The van der Waals surface area contributed by atoms with E-state index in [0.717, 1.165) is 6.42 Å². The molecule has 0 aromatic carbocycles. The summed E-state index contributed by atoms with van der Waals surface area (Å²) < 4.78 is 0. The van der Waals surface area contributed by atoms with Gasteiger partial charge in [0.15, 0.2) is 0 Å². The number of carbonyl (C=O) groups excluding carboxylic acids is 1. The summed E-state index contributed by atoms with van der Waals surface area (Å²) in [6.45, 7) is 4.89. The maximum atomic E-state index is 12.2. The molecule has 2 fully saturated rings. The van der Waals surface area contributed by atoms with Crippen molar-refractivity contribution >= 4 is 17.2 Å². The SMILES string of the molecule is Cc1ccc(C2NCC(=O)N2C2CCCC2C)s1. The van der Waals surface area contributed by atoms with Crippen LogP contribution in [0.25, 0.3) is 0 Å². The molecule has 18 heavy (non-hydrogen) atoms. The molecule has 2 aliphatic rings. The first-order valence-electron chi connectivity index (χ1n) is 6.77. The molecule has 0 bridgehead atoms. The lowest BCUT2D eigenvalue weighted by Crippen LogP contribution is -2.40. The van der Waals surface area contributed by atoms with Crippen molar-refractivity contribution in [2.45, 2.75) is 45.3 Å². The van der Waals surface area contributed by atoms with Gasteiger partial charge >= 0.3 is 0 Å². The lowest BCUT2D eigenvalue weighted by atomic mass is 10.0. The fourth-order valence-electron chi connectivity index (χ4n) is 3.27. The highest BCUT2D eigenvalue weighted by atomic mass is 32.1. The van der Waals surface area contributed by atoms with E-state index in [0.29, 0.717) is 18.5 Å². The van der Waals surface area contributed by atoms with Gasteiger partial charge < -0.3 is 4.90 Å². The predicted molar refractivity (Wildman–Crippen MR) is 73.4 cm³/mol. The minimum atomic E-state index is 0.113. The van der Waals surface area contributed by atoms with Crippen molar-refractivity contribution in [1.82, 2.24) is 10.2 Å². The molecule has 98 valence electrons. The summed E-state index contributed by atoms with van der Waals surface area (Å²) in [4.78, 5) is 16.9. The van der Waals surface area contributed by atoms with Crippen molar-refractivity contribution in [2.24, 2.45) is 5.92 Å². The summed E-state index contributed by atoms with van der Waals surface area (Å²) in [5, 5.41) is 3.37. The summed E-state index contributed by atoms with van der Waals surface area (Å²) >= 11 is 1.79. The number of hydrogen-bond acceptors (Lipinski definition) is 3. The second kappa shape index (κ2) is 4.67. The van der Waals surface area contributed by atoms with Crippen LogP contribution in [0.1, 0.15) is 42.1 Å². The van der Waals surface area contributed by atoms with Gasteiger partial charge in [-0.05, 0) is 37.8 Å². The Labute approximate surface area is 112 Å². The third-order valence-electron chi connectivity index (χ3n) is 4.22. The highest BCUT2D eigenvalue weighted by Gasteiger charge is 2.41. The van der Waals surface area contributed by atoms with Crippen molar-refractivity contribution in [1.29, 1.82) is 0 Å². The van der Waals surface area contributed by atoms with E-state index in [1.807, 2.05) is 0 Å². The zero-order valence-electron chi connectivity index (χ0n) is 11.0. The Morgan fingerprint density at radius 1 is 1.39 bits per heavy atom. The number of rotatable bonds is 2. The van der Waals surface area contributed by atoms with Crippen LogP contribution in [-0.4, -0.2) is 23.4 Å². The first kappa shape index (κ1) is 12.2. The first-order chi connectivity index (χ1) is 8.66. The van der Waals surface area contributed by atoms with E-state index < -0.39 is 0 Å². The number of nitrogens with one attached hydrogen (secondary N) is 1. The summed E-state index contributed by atoms with van der Waals surface area (Å²) in [7, 11) is 0. The van der Waals surface area contributed by atoms with Crippen LogP contribution < -0.4 is 5.32 Å². The zero-order valence-corrected chi connectivity index (χ0v) is 11.8. The van der Waals surface area contributed by atoms with Crippen LogP contribution in [0, 0.1) is 12.8 Å². The molecule has 1 N–H and O–H groups in total. The van der Waals surface area contributed by atoms with E-state index >= 15 is 0 Å². The quantitative estimate of drug-likeness (QED) is 0.890. The number of amides is 1. The molecule has 1 saturated heterocycles. The van der Waals surface area contributed by atoms with Crippen molar-refractivity contribution in [3.8, 4) is 0 Å². The van der Waals surface area contributed by atoms with Gasteiger partial charge in [-0.3, -0.25) is 10.1 Å². The van der Waals surface area contributed by atoms with Gasteiger partial charge in [0.2, 0.25) is 5.91 Å². The van der Waals surface area contributed by atoms with Gasteiger partial charge in [-0.15, -0.1) is 11.3 Å². The van der Waals surface area contributed by atoms with Crippen molar-refractivity contribution < 1.29 is 4.79 Å². The van der Waals surface area contributed by atoms with Gasteiger partial charge in [0, 0.05) is 15.8 Å². The minimum absolute atomic E-state index is 0.113. The van der Waals surface area contributed by atoms with E-state index in [9.17, 15) is 4.79 Å². The highest BCUT2D eigenvalue weighted by Crippen LogP contribution is 2.37. The monoisotopic (exact) mass is 264 g/mol. The van der Waals surface area contributed by atoms with E-state index in [4.69, 9.17) is 0 Å². The van der Waals surface area contributed by atoms with Gasteiger partial charge in [-0.25, -0.2) is 0 Å². The molecule has 1 amide bonds.